The number of allylic oxidation sites excluding steroid dienone is 3. The molecule has 48 heavy (non-hydrogen) atoms. The smallest absolute Gasteiger partial charge is 0.391 e. The van der Waals surface area contributed by atoms with Gasteiger partial charge >= 0.3 is 15.6 Å². The van der Waals surface area contributed by atoms with Crippen molar-refractivity contribution in [2.45, 2.75) is 69.2 Å². The zero-order valence-electron chi connectivity index (χ0n) is 29.2. The molecule has 0 aliphatic heterocycles. The molecular weight excluding hydrogens is 646 g/mol. The molecule has 4 aromatic rings. The highest BCUT2D eigenvalue weighted by Crippen LogP contribution is 2.56. The van der Waals surface area contributed by atoms with Crippen LogP contribution in [0, 0.1) is 55.4 Å². The molecule has 0 aliphatic carbocycles. The van der Waals surface area contributed by atoms with E-state index in [4.69, 9.17) is 27.1 Å². The molecule has 0 radical (unpaired) electrons. The molecule has 0 N–H and O–H groups in total. The molecule has 0 amide bonds. The first-order valence-electron chi connectivity index (χ1n) is 15.6. The van der Waals surface area contributed by atoms with Crippen LogP contribution in [0.4, 0.5) is 0 Å². The minimum Gasteiger partial charge on any atom is -0.391 e. The van der Waals surface area contributed by atoms with E-state index in [0.29, 0.717) is 23.0 Å². The molecule has 0 spiro atoms. The minimum absolute atomic E-state index is 0.0824. The largest absolute Gasteiger partial charge is 0.647 e. The van der Waals surface area contributed by atoms with Crippen LogP contribution in [0.15, 0.2) is 96.5 Å². The molecule has 8 nitrogen and oxygen atoms in total. The Hall–Kier alpha value is -4.38. The van der Waals surface area contributed by atoms with E-state index in [-0.39, 0.29) is 11.5 Å². The Kier molecular flexibility index (Phi) is 11.6. The molecule has 4 aromatic carbocycles. The highest BCUT2D eigenvalue weighted by Gasteiger charge is 2.38. The number of para-hydroxylation sites is 4. The summed E-state index contributed by atoms with van der Waals surface area (Å²) in [6, 6.07) is 22.3. The van der Waals surface area contributed by atoms with Crippen LogP contribution in [0.2, 0.25) is 0 Å². The van der Waals surface area contributed by atoms with Crippen molar-refractivity contribution in [3.63, 3.8) is 0 Å². The van der Waals surface area contributed by atoms with Crippen LogP contribution < -0.4 is 18.1 Å². The van der Waals surface area contributed by atoms with Gasteiger partial charge in [-0.05, 0) is 120 Å². The third kappa shape index (κ3) is 8.94. The van der Waals surface area contributed by atoms with Crippen molar-refractivity contribution < 1.29 is 36.3 Å². The van der Waals surface area contributed by atoms with Gasteiger partial charge in [0, 0.05) is 6.08 Å². The molecule has 0 bridgehead atoms. The summed E-state index contributed by atoms with van der Waals surface area (Å²) in [4.78, 5) is 0. The Balaban J connectivity index is 1.72. The topological polar surface area (TPSA) is 89.5 Å². The second-order valence-corrected chi connectivity index (χ2v) is 14.7. The maximum atomic E-state index is 14.5. The molecular formula is C38H44O8P2. The molecule has 10 heteroatoms. The fourth-order valence-electron chi connectivity index (χ4n) is 5.03. The van der Waals surface area contributed by atoms with Crippen molar-refractivity contribution in [3.05, 3.63) is 141 Å². The number of aryl methyl sites for hydroxylation is 8. The van der Waals surface area contributed by atoms with Gasteiger partial charge in [-0.25, -0.2) is 0 Å². The van der Waals surface area contributed by atoms with E-state index in [9.17, 15) is 9.13 Å². The lowest BCUT2D eigenvalue weighted by molar-refractivity contribution is 0.249. The second kappa shape index (κ2) is 15.2. The predicted octanol–water partition coefficient (Wildman–Crippen LogP) is 11.8. The first-order chi connectivity index (χ1) is 22.6. The van der Waals surface area contributed by atoms with Gasteiger partial charge in [-0.1, -0.05) is 72.8 Å². The van der Waals surface area contributed by atoms with E-state index in [0.717, 1.165) is 44.5 Å². The van der Waals surface area contributed by atoms with Crippen LogP contribution in [0.5, 0.6) is 23.0 Å². The standard InChI is InChI=1S/C38H44O8P2/c1-11-34(42-48(40,45-37-29(6)20-14-21-30(37)7)46-38-31(8)22-15-23-32(38)9)24-33(10)41-47(39,43-35-25(2)16-12-17-26(35)3)44-36-27(4)18-13-19-28(36)5/h11-24H,1-10H3/b33-24+,34-11+. The van der Waals surface area contributed by atoms with Gasteiger partial charge in [0.2, 0.25) is 0 Å². The van der Waals surface area contributed by atoms with Gasteiger partial charge in [-0.15, -0.1) is 0 Å². The van der Waals surface area contributed by atoms with E-state index in [2.05, 4.69) is 0 Å². The Bertz CT molecular complexity index is 1760. The summed E-state index contributed by atoms with van der Waals surface area (Å²) in [5, 5.41) is 0. The number of hydrogen-bond donors (Lipinski definition) is 0. The van der Waals surface area contributed by atoms with Crippen LogP contribution in [0.1, 0.15) is 58.4 Å². The van der Waals surface area contributed by atoms with Crippen LogP contribution >= 0.6 is 15.6 Å². The zero-order chi connectivity index (χ0) is 35.2. The van der Waals surface area contributed by atoms with Crippen molar-refractivity contribution in [1.82, 2.24) is 0 Å². The molecule has 0 fully saturated rings. The average Bonchev–Trinajstić information content (AvgIpc) is 3.01. The van der Waals surface area contributed by atoms with Gasteiger partial charge in [0.25, 0.3) is 0 Å². The van der Waals surface area contributed by atoms with E-state index < -0.39 is 15.6 Å². The zero-order valence-corrected chi connectivity index (χ0v) is 31.0. The number of phosphoric acid groups is 2. The molecule has 0 aromatic heterocycles. The minimum atomic E-state index is -4.39. The van der Waals surface area contributed by atoms with Crippen LogP contribution in [0.3, 0.4) is 0 Å². The van der Waals surface area contributed by atoms with Crippen LogP contribution in [0.25, 0.3) is 0 Å². The highest BCUT2D eigenvalue weighted by atomic mass is 31.2. The summed E-state index contributed by atoms with van der Waals surface area (Å²) in [5.41, 5.74) is 6.08. The molecule has 0 heterocycles. The maximum absolute atomic E-state index is 14.5. The first-order valence-corrected chi connectivity index (χ1v) is 18.5. The van der Waals surface area contributed by atoms with Crippen molar-refractivity contribution in [1.29, 1.82) is 0 Å². The lowest BCUT2D eigenvalue weighted by atomic mass is 10.1. The van der Waals surface area contributed by atoms with Crippen molar-refractivity contribution in [3.8, 4) is 23.0 Å². The van der Waals surface area contributed by atoms with Gasteiger partial charge in [-0.2, -0.15) is 9.13 Å². The van der Waals surface area contributed by atoms with Crippen LogP contribution in [-0.2, 0) is 18.2 Å². The lowest BCUT2D eigenvalue weighted by Gasteiger charge is -2.24. The first kappa shape index (κ1) is 36.5. The number of benzene rings is 4. The van der Waals surface area contributed by atoms with Gasteiger partial charge < -0.3 is 27.1 Å². The summed E-state index contributed by atoms with van der Waals surface area (Å²) in [6.07, 6.45) is 3.01. The highest BCUT2D eigenvalue weighted by molar-refractivity contribution is 7.49. The molecule has 0 saturated heterocycles. The molecule has 0 unspecified atom stereocenters. The molecule has 254 valence electrons. The number of rotatable bonds is 13. The average molecular weight is 691 g/mol. The van der Waals surface area contributed by atoms with Crippen molar-refractivity contribution in [2.24, 2.45) is 0 Å². The summed E-state index contributed by atoms with van der Waals surface area (Å²) in [6.45, 7) is 18.1. The molecule has 0 atom stereocenters. The Morgan fingerprint density at radius 3 is 0.979 bits per heavy atom. The normalized spacial score (nSPS) is 12.4. The van der Waals surface area contributed by atoms with Gasteiger partial charge in [0.15, 0.2) is 0 Å². The van der Waals surface area contributed by atoms with Crippen LogP contribution in [-0.4, -0.2) is 0 Å². The summed E-state index contributed by atoms with van der Waals surface area (Å²) in [5.74, 6) is 1.72. The molecule has 0 saturated carbocycles. The summed E-state index contributed by atoms with van der Waals surface area (Å²) < 4.78 is 65.5. The van der Waals surface area contributed by atoms with E-state index in [1.165, 1.54) is 6.08 Å². The Morgan fingerprint density at radius 1 is 0.479 bits per heavy atom. The summed E-state index contributed by atoms with van der Waals surface area (Å²) >= 11 is 0. The Morgan fingerprint density at radius 2 is 0.729 bits per heavy atom. The van der Waals surface area contributed by atoms with Gasteiger partial charge in [0.1, 0.15) is 34.5 Å². The fourth-order valence-corrected chi connectivity index (χ4v) is 8.12. The molecule has 4 rings (SSSR count). The van der Waals surface area contributed by atoms with Crippen molar-refractivity contribution in [2.75, 3.05) is 0 Å². The van der Waals surface area contributed by atoms with Crippen molar-refractivity contribution >= 4 is 15.6 Å². The van der Waals surface area contributed by atoms with E-state index >= 15 is 0 Å². The SMILES string of the molecule is C/C=C(\C=C(/C)OP(=O)(Oc1c(C)cccc1C)Oc1c(C)cccc1C)OP(=O)(Oc1c(C)cccc1C)Oc1c(C)cccc1C. The number of hydrogen-bond acceptors (Lipinski definition) is 8. The summed E-state index contributed by atoms with van der Waals surface area (Å²) in [7, 11) is -8.75. The van der Waals surface area contributed by atoms with Gasteiger partial charge in [0.05, 0.1) is 0 Å². The fraction of sp³-hybridized carbons (Fsp3) is 0.263. The predicted molar refractivity (Wildman–Crippen MR) is 191 cm³/mol. The maximum Gasteiger partial charge on any atom is 0.647 e. The third-order valence-electron chi connectivity index (χ3n) is 7.55. The van der Waals surface area contributed by atoms with E-state index in [1.807, 2.05) is 128 Å². The van der Waals surface area contributed by atoms with E-state index in [1.54, 1.807) is 19.9 Å². The quantitative estimate of drug-likeness (QED) is 0.0778. The number of phosphoric ester groups is 2. The lowest BCUT2D eigenvalue weighted by Crippen LogP contribution is -2.09. The van der Waals surface area contributed by atoms with Gasteiger partial charge in [-0.3, -0.25) is 0 Å². The third-order valence-corrected chi connectivity index (χ3v) is 10.1. The molecule has 0 aliphatic rings. The Labute approximate surface area is 284 Å². The monoisotopic (exact) mass is 690 g/mol. The second-order valence-electron chi connectivity index (χ2n) is 11.8.